The van der Waals surface area contributed by atoms with E-state index in [1.807, 2.05) is 24.3 Å². The number of rotatable bonds is 5. The normalized spacial score (nSPS) is 14.2. The number of halogens is 5. The third kappa shape index (κ3) is 5.37. The summed E-state index contributed by atoms with van der Waals surface area (Å²) < 4.78 is 40.7. The van der Waals surface area contributed by atoms with Gasteiger partial charge in [-0.2, -0.15) is 13.2 Å². The third-order valence-corrected chi connectivity index (χ3v) is 6.87. The molecule has 0 saturated carbocycles. The summed E-state index contributed by atoms with van der Waals surface area (Å²) in [7, 11) is 0. The van der Waals surface area contributed by atoms with Crippen molar-refractivity contribution in [1.82, 2.24) is 19.4 Å². The number of benzene rings is 2. The van der Waals surface area contributed by atoms with E-state index >= 15 is 0 Å². The Bertz CT molecular complexity index is 1350. The monoisotopic (exact) mass is 516 g/mol. The van der Waals surface area contributed by atoms with Crippen molar-refractivity contribution in [2.24, 2.45) is 0 Å². The van der Waals surface area contributed by atoms with Crippen LogP contribution in [0.3, 0.4) is 0 Å². The Morgan fingerprint density at radius 1 is 0.943 bits per heavy atom. The van der Waals surface area contributed by atoms with Crippen LogP contribution in [-0.4, -0.2) is 26.0 Å². The molecule has 2 aromatic carbocycles. The van der Waals surface area contributed by atoms with Crippen molar-refractivity contribution in [3.63, 3.8) is 0 Å². The van der Waals surface area contributed by atoms with E-state index in [1.165, 1.54) is 17.8 Å². The summed E-state index contributed by atoms with van der Waals surface area (Å²) in [6.45, 7) is 3.01. The van der Waals surface area contributed by atoms with Crippen LogP contribution >= 0.6 is 23.2 Å². The summed E-state index contributed by atoms with van der Waals surface area (Å²) in [5, 5.41) is 1.08. The molecule has 5 rings (SSSR count). The Morgan fingerprint density at radius 2 is 1.74 bits per heavy atom. The first kappa shape index (κ1) is 23.9. The molecular formula is C26H21Cl2F3N4. The van der Waals surface area contributed by atoms with E-state index in [0.29, 0.717) is 34.5 Å². The minimum atomic E-state index is -4.36. The highest BCUT2D eigenvalue weighted by Gasteiger charge is 2.30. The van der Waals surface area contributed by atoms with E-state index in [2.05, 4.69) is 31.7 Å². The first-order chi connectivity index (χ1) is 16.8. The molecule has 0 unspecified atom stereocenters. The third-order valence-electron chi connectivity index (χ3n) is 6.13. The fourth-order valence-electron chi connectivity index (χ4n) is 4.27. The van der Waals surface area contributed by atoms with Crippen molar-refractivity contribution in [3.8, 4) is 11.4 Å². The minimum Gasteiger partial charge on any atom is -0.346 e. The van der Waals surface area contributed by atoms with E-state index in [9.17, 15) is 13.2 Å². The quantitative estimate of drug-likeness (QED) is 0.290. The second-order valence-electron chi connectivity index (χ2n) is 8.58. The zero-order valence-electron chi connectivity index (χ0n) is 18.6. The molecule has 0 bridgehead atoms. The molecule has 35 heavy (non-hydrogen) atoms. The average Bonchev–Trinajstić information content (AvgIpc) is 3.27. The highest BCUT2D eigenvalue weighted by Crippen LogP contribution is 2.31. The summed E-state index contributed by atoms with van der Waals surface area (Å²) in [4.78, 5) is 11.4. The molecule has 0 fully saturated rings. The first-order valence-electron chi connectivity index (χ1n) is 11.1. The summed E-state index contributed by atoms with van der Waals surface area (Å²) in [6, 6.07) is 14.8. The van der Waals surface area contributed by atoms with Crippen LogP contribution in [0.1, 0.15) is 28.1 Å². The van der Waals surface area contributed by atoms with Gasteiger partial charge in [0.25, 0.3) is 0 Å². The van der Waals surface area contributed by atoms with Crippen LogP contribution in [0.15, 0.2) is 67.0 Å². The van der Waals surface area contributed by atoms with Gasteiger partial charge in [-0.1, -0.05) is 41.4 Å². The predicted octanol–water partition coefficient (Wildman–Crippen LogP) is 6.88. The standard InChI is InChI=1S/C26H21Cl2F3N4/c27-22-8-3-17(12-23(22)28)14-35-10-1-2-21(35)16-34-11-9-24-19(15-34)13-32-25(33-24)18-4-6-20(7-5-18)26(29,30)31/h1-8,10,12-13H,9,11,14-16H2. The second kappa shape index (κ2) is 9.64. The summed E-state index contributed by atoms with van der Waals surface area (Å²) in [5.74, 6) is 0.446. The zero-order valence-corrected chi connectivity index (χ0v) is 20.1. The van der Waals surface area contributed by atoms with Crippen LogP contribution in [0.5, 0.6) is 0 Å². The summed E-state index contributed by atoms with van der Waals surface area (Å²) >= 11 is 12.2. The number of nitrogens with zero attached hydrogens (tertiary/aromatic N) is 4. The number of alkyl halides is 3. The van der Waals surface area contributed by atoms with Gasteiger partial charge in [0, 0.05) is 61.8 Å². The number of hydrogen-bond acceptors (Lipinski definition) is 3. The molecule has 3 heterocycles. The number of fused-ring (bicyclic) bond motifs is 1. The minimum absolute atomic E-state index is 0.446. The van der Waals surface area contributed by atoms with Gasteiger partial charge in [-0.15, -0.1) is 0 Å². The Balaban J connectivity index is 1.27. The Kier molecular flexibility index (Phi) is 6.57. The van der Waals surface area contributed by atoms with Crippen LogP contribution in [0.25, 0.3) is 11.4 Å². The molecule has 2 aromatic heterocycles. The van der Waals surface area contributed by atoms with Crippen LogP contribution < -0.4 is 0 Å². The molecule has 9 heteroatoms. The molecule has 0 radical (unpaired) electrons. The average molecular weight is 517 g/mol. The lowest BCUT2D eigenvalue weighted by molar-refractivity contribution is -0.137. The van der Waals surface area contributed by atoms with Crippen LogP contribution in [0.4, 0.5) is 13.2 Å². The van der Waals surface area contributed by atoms with Gasteiger partial charge in [0.15, 0.2) is 5.82 Å². The lowest BCUT2D eigenvalue weighted by Crippen LogP contribution is -2.31. The summed E-state index contributed by atoms with van der Waals surface area (Å²) in [5.41, 5.74) is 4.13. The van der Waals surface area contributed by atoms with Crippen molar-refractivity contribution < 1.29 is 13.2 Å². The highest BCUT2D eigenvalue weighted by molar-refractivity contribution is 6.42. The lowest BCUT2D eigenvalue weighted by Gasteiger charge is -2.28. The van der Waals surface area contributed by atoms with Crippen molar-refractivity contribution in [2.45, 2.75) is 32.2 Å². The van der Waals surface area contributed by atoms with Gasteiger partial charge in [-0.05, 0) is 42.0 Å². The SMILES string of the molecule is FC(F)(F)c1ccc(-c2ncc3c(n2)CCN(Cc2cccn2Cc2ccc(Cl)c(Cl)c2)C3)cc1. The molecule has 4 aromatic rings. The Morgan fingerprint density at radius 3 is 2.49 bits per heavy atom. The molecule has 1 aliphatic rings. The van der Waals surface area contributed by atoms with Gasteiger partial charge in [-0.3, -0.25) is 4.90 Å². The van der Waals surface area contributed by atoms with E-state index in [4.69, 9.17) is 23.2 Å². The maximum absolute atomic E-state index is 12.8. The molecule has 0 aliphatic carbocycles. The van der Waals surface area contributed by atoms with Gasteiger partial charge in [0.05, 0.1) is 21.3 Å². The van der Waals surface area contributed by atoms with E-state index in [1.54, 1.807) is 6.20 Å². The molecule has 0 spiro atoms. The van der Waals surface area contributed by atoms with Gasteiger partial charge in [-0.25, -0.2) is 9.97 Å². The fourth-order valence-corrected chi connectivity index (χ4v) is 4.59. The van der Waals surface area contributed by atoms with E-state index < -0.39 is 11.7 Å². The predicted molar refractivity (Wildman–Crippen MR) is 130 cm³/mol. The maximum atomic E-state index is 12.8. The molecule has 0 amide bonds. The number of aromatic nitrogens is 3. The maximum Gasteiger partial charge on any atom is 0.416 e. The lowest BCUT2D eigenvalue weighted by atomic mass is 10.1. The molecule has 0 saturated heterocycles. The first-order valence-corrected chi connectivity index (χ1v) is 11.8. The Hall–Kier alpha value is -2.87. The number of hydrogen-bond donors (Lipinski definition) is 0. The van der Waals surface area contributed by atoms with Crippen molar-refractivity contribution in [2.75, 3.05) is 6.54 Å². The van der Waals surface area contributed by atoms with E-state index in [0.717, 1.165) is 48.5 Å². The fraction of sp³-hybridized carbons (Fsp3) is 0.231. The van der Waals surface area contributed by atoms with Crippen molar-refractivity contribution in [3.05, 3.63) is 105 Å². The molecule has 0 N–H and O–H groups in total. The molecule has 4 nitrogen and oxygen atoms in total. The van der Waals surface area contributed by atoms with E-state index in [-0.39, 0.29) is 0 Å². The Labute approximate surface area is 211 Å². The second-order valence-corrected chi connectivity index (χ2v) is 9.39. The molecule has 180 valence electrons. The van der Waals surface area contributed by atoms with Crippen LogP contribution in [0, 0.1) is 0 Å². The zero-order chi connectivity index (χ0) is 24.6. The smallest absolute Gasteiger partial charge is 0.346 e. The molecular weight excluding hydrogens is 496 g/mol. The largest absolute Gasteiger partial charge is 0.416 e. The van der Waals surface area contributed by atoms with Crippen molar-refractivity contribution >= 4 is 23.2 Å². The van der Waals surface area contributed by atoms with Crippen LogP contribution in [-0.2, 0) is 32.2 Å². The summed E-state index contributed by atoms with van der Waals surface area (Å²) in [6.07, 6.45) is 0.227. The van der Waals surface area contributed by atoms with Gasteiger partial charge >= 0.3 is 6.18 Å². The van der Waals surface area contributed by atoms with Gasteiger partial charge in [0.2, 0.25) is 0 Å². The van der Waals surface area contributed by atoms with Crippen molar-refractivity contribution in [1.29, 1.82) is 0 Å². The molecule has 0 atom stereocenters. The van der Waals surface area contributed by atoms with Crippen LogP contribution in [0.2, 0.25) is 10.0 Å². The highest BCUT2D eigenvalue weighted by atomic mass is 35.5. The van der Waals surface area contributed by atoms with Gasteiger partial charge < -0.3 is 4.57 Å². The topological polar surface area (TPSA) is 34.0 Å². The van der Waals surface area contributed by atoms with Gasteiger partial charge in [0.1, 0.15) is 0 Å². The molecule has 1 aliphatic heterocycles.